The molecule has 0 bridgehead atoms. The lowest BCUT2D eigenvalue weighted by molar-refractivity contribution is -0.131. The van der Waals surface area contributed by atoms with Crippen LogP contribution in [0.15, 0.2) is 48.5 Å². The van der Waals surface area contributed by atoms with Crippen LogP contribution in [0.4, 0.5) is 0 Å². The molecule has 0 spiro atoms. The summed E-state index contributed by atoms with van der Waals surface area (Å²) in [5.74, 6) is 0.384. The van der Waals surface area contributed by atoms with E-state index in [0.717, 1.165) is 16.7 Å². The zero-order valence-corrected chi connectivity index (χ0v) is 14.8. The maximum Gasteiger partial charge on any atom is 0.246 e. The fourth-order valence-electron chi connectivity index (χ4n) is 2.40. The Morgan fingerprint density at radius 2 is 1.88 bits per heavy atom. The second-order valence-corrected chi connectivity index (χ2v) is 6.26. The van der Waals surface area contributed by atoms with E-state index in [0.29, 0.717) is 17.4 Å². The molecule has 1 heterocycles. The van der Waals surface area contributed by atoms with Gasteiger partial charge in [-0.2, -0.15) is 4.80 Å². The number of aryl methyl sites for hydroxylation is 1. The van der Waals surface area contributed by atoms with Gasteiger partial charge in [0, 0.05) is 24.2 Å². The molecule has 0 saturated carbocycles. The number of nitrogens with zero attached hydrogens (tertiary/aromatic N) is 5. The maximum atomic E-state index is 12.4. The number of likely N-dealkylation sites (N-methyl/N-ethyl adjacent to an activating group) is 1. The average molecular weight is 356 g/mol. The zero-order chi connectivity index (χ0) is 17.8. The van der Waals surface area contributed by atoms with Crippen LogP contribution in [-0.2, 0) is 17.9 Å². The van der Waals surface area contributed by atoms with Gasteiger partial charge in [-0.05, 0) is 47.5 Å². The number of carbonyl (C=O) groups excluding carboxylic acids is 1. The molecule has 0 N–H and O–H groups in total. The molecule has 0 fully saturated rings. The Hall–Kier alpha value is -2.73. The van der Waals surface area contributed by atoms with Crippen LogP contribution in [0.1, 0.15) is 11.1 Å². The lowest BCUT2D eigenvalue weighted by Crippen LogP contribution is -2.30. The van der Waals surface area contributed by atoms with E-state index in [-0.39, 0.29) is 12.5 Å². The topological polar surface area (TPSA) is 63.9 Å². The van der Waals surface area contributed by atoms with Crippen molar-refractivity contribution in [3.8, 4) is 11.4 Å². The summed E-state index contributed by atoms with van der Waals surface area (Å²) in [6, 6.07) is 15.2. The lowest BCUT2D eigenvalue weighted by Gasteiger charge is -2.18. The number of rotatable bonds is 5. The first-order valence-corrected chi connectivity index (χ1v) is 8.23. The molecule has 3 aromatic rings. The van der Waals surface area contributed by atoms with Crippen LogP contribution in [-0.4, -0.2) is 38.1 Å². The molecule has 0 aliphatic rings. The fraction of sp³-hybridized carbons (Fsp3) is 0.222. The van der Waals surface area contributed by atoms with Crippen LogP contribution in [0.2, 0.25) is 5.02 Å². The summed E-state index contributed by atoms with van der Waals surface area (Å²) in [6.45, 7) is 2.62. The first kappa shape index (κ1) is 17.1. The van der Waals surface area contributed by atoms with E-state index in [4.69, 9.17) is 11.6 Å². The Morgan fingerprint density at radius 3 is 2.60 bits per heavy atom. The Balaban J connectivity index is 1.65. The third-order valence-electron chi connectivity index (χ3n) is 3.93. The van der Waals surface area contributed by atoms with Gasteiger partial charge in [0.2, 0.25) is 11.7 Å². The van der Waals surface area contributed by atoms with Gasteiger partial charge in [-0.3, -0.25) is 4.79 Å². The summed E-state index contributed by atoms with van der Waals surface area (Å²) < 4.78 is 0. The minimum atomic E-state index is -0.0803. The van der Waals surface area contributed by atoms with Crippen LogP contribution in [0.5, 0.6) is 0 Å². The molecule has 0 aliphatic carbocycles. The van der Waals surface area contributed by atoms with Crippen LogP contribution in [0, 0.1) is 6.92 Å². The minimum absolute atomic E-state index is 0.0446. The van der Waals surface area contributed by atoms with E-state index in [9.17, 15) is 4.79 Å². The summed E-state index contributed by atoms with van der Waals surface area (Å²) in [5, 5.41) is 12.9. The molecule has 1 amide bonds. The third-order valence-corrected chi connectivity index (χ3v) is 4.18. The number of halogens is 1. The molecular formula is C18H18ClN5O. The largest absolute Gasteiger partial charge is 0.340 e. The van der Waals surface area contributed by atoms with Gasteiger partial charge in [0.15, 0.2) is 0 Å². The quantitative estimate of drug-likeness (QED) is 0.705. The predicted molar refractivity (Wildman–Crippen MR) is 95.9 cm³/mol. The van der Waals surface area contributed by atoms with Gasteiger partial charge in [0.1, 0.15) is 6.54 Å². The van der Waals surface area contributed by atoms with Crippen LogP contribution < -0.4 is 0 Å². The first-order chi connectivity index (χ1) is 12.0. The molecule has 25 heavy (non-hydrogen) atoms. The van der Waals surface area contributed by atoms with Gasteiger partial charge in [0.05, 0.1) is 0 Å². The summed E-state index contributed by atoms with van der Waals surface area (Å²) in [6.07, 6.45) is 0. The summed E-state index contributed by atoms with van der Waals surface area (Å²) in [7, 11) is 1.77. The van der Waals surface area contributed by atoms with Crippen LogP contribution in [0.25, 0.3) is 11.4 Å². The molecule has 128 valence electrons. The van der Waals surface area contributed by atoms with E-state index in [1.165, 1.54) is 4.80 Å². The molecule has 0 aliphatic heterocycles. The Morgan fingerprint density at radius 1 is 1.16 bits per heavy atom. The smallest absolute Gasteiger partial charge is 0.246 e. The van der Waals surface area contributed by atoms with Crippen molar-refractivity contribution in [2.75, 3.05) is 7.05 Å². The van der Waals surface area contributed by atoms with Crippen molar-refractivity contribution in [1.29, 1.82) is 0 Å². The number of benzene rings is 2. The van der Waals surface area contributed by atoms with E-state index in [1.807, 2.05) is 43.3 Å². The second-order valence-electron chi connectivity index (χ2n) is 5.83. The van der Waals surface area contributed by atoms with Gasteiger partial charge in [-0.15, -0.1) is 10.2 Å². The molecule has 0 radical (unpaired) electrons. The highest BCUT2D eigenvalue weighted by molar-refractivity contribution is 6.30. The van der Waals surface area contributed by atoms with Crippen molar-refractivity contribution in [1.82, 2.24) is 25.1 Å². The van der Waals surface area contributed by atoms with Crippen LogP contribution in [0.3, 0.4) is 0 Å². The molecule has 0 saturated heterocycles. The Labute approximate surface area is 151 Å². The summed E-state index contributed by atoms with van der Waals surface area (Å²) in [4.78, 5) is 15.4. The van der Waals surface area contributed by atoms with Gasteiger partial charge < -0.3 is 4.90 Å². The normalized spacial score (nSPS) is 10.7. The van der Waals surface area contributed by atoms with Gasteiger partial charge >= 0.3 is 0 Å². The predicted octanol–water partition coefficient (Wildman–Crippen LogP) is 2.96. The lowest BCUT2D eigenvalue weighted by atomic mass is 10.1. The maximum absolute atomic E-state index is 12.4. The Bertz CT molecular complexity index is 875. The van der Waals surface area contributed by atoms with E-state index < -0.39 is 0 Å². The van der Waals surface area contributed by atoms with Gasteiger partial charge in [-0.1, -0.05) is 35.9 Å². The number of aromatic nitrogens is 4. The number of tetrazole rings is 1. The van der Waals surface area contributed by atoms with Crippen molar-refractivity contribution in [3.63, 3.8) is 0 Å². The molecule has 7 heteroatoms. The summed E-state index contributed by atoms with van der Waals surface area (Å²) in [5.41, 5.74) is 3.08. The van der Waals surface area contributed by atoms with Crippen molar-refractivity contribution in [3.05, 3.63) is 64.7 Å². The molecule has 2 aromatic carbocycles. The van der Waals surface area contributed by atoms with Crippen LogP contribution >= 0.6 is 11.6 Å². The van der Waals surface area contributed by atoms with Crippen molar-refractivity contribution < 1.29 is 4.79 Å². The van der Waals surface area contributed by atoms with E-state index in [1.54, 1.807) is 24.1 Å². The average Bonchev–Trinajstić information content (AvgIpc) is 3.06. The van der Waals surface area contributed by atoms with Crippen molar-refractivity contribution >= 4 is 17.5 Å². The van der Waals surface area contributed by atoms with E-state index in [2.05, 4.69) is 15.4 Å². The molecular weight excluding hydrogens is 338 g/mol. The number of hydrogen-bond acceptors (Lipinski definition) is 4. The number of carbonyl (C=O) groups is 1. The number of amides is 1. The first-order valence-electron chi connectivity index (χ1n) is 7.85. The third kappa shape index (κ3) is 4.22. The minimum Gasteiger partial charge on any atom is -0.340 e. The van der Waals surface area contributed by atoms with Crippen molar-refractivity contribution in [2.24, 2.45) is 0 Å². The van der Waals surface area contributed by atoms with Crippen molar-refractivity contribution in [2.45, 2.75) is 20.0 Å². The van der Waals surface area contributed by atoms with Gasteiger partial charge in [-0.25, -0.2) is 0 Å². The standard InChI is InChI=1S/C18H18ClN5O/c1-13-5-3-4-6-15(13)11-23(2)17(25)12-24-21-18(20-22-24)14-7-9-16(19)10-8-14/h3-10H,11-12H2,1-2H3. The second kappa shape index (κ2) is 7.44. The Kier molecular flexibility index (Phi) is 5.09. The van der Waals surface area contributed by atoms with E-state index >= 15 is 0 Å². The molecule has 0 unspecified atom stereocenters. The SMILES string of the molecule is Cc1ccccc1CN(C)C(=O)Cn1nnc(-c2ccc(Cl)cc2)n1. The molecule has 1 aromatic heterocycles. The fourth-order valence-corrected chi connectivity index (χ4v) is 2.52. The highest BCUT2D eigenvalue weighted by atomic mass is 35.5. The molecule has 6 nitrogen and oxygen atoms in total. The highest BCUT2D eigenvalue weighted by Crippen LogP contribution is 2.17. The molecule has 0 atom stereocenters. The zero-order valence-electron chi connectivity index (χ0n) is 14.1. The summed E-state index contributed by atoms with van der Waals surface area (Å²) >= 11 is 5.87. The van der Waals surface area contributed by atoms with Gasteiger partial charge in [0.25, 0.3) is 0 Å². The monoisotopic (exact) mass is 355 g/mol. The molecule has 3 rings (SSSR count). The highest BCUT2D eigenvalue weighted by Gasteiger charge is 2.14. The number of hydrogen-bond donors (Lipinski definition) is 0.